The Hall–Kier alpha value is -1.26. The lowest BCUT2D eigenvalue weighted by Crippen LogP contribution is -2.35. The number of hydrogen-bond acceptors (Lipinski definition) is 4. The van der Waals surface area contributed by atoms with Gasteiger partial charge in [0.05, 0.1) is 0 Å². The van der Waals surface area contributed by atoms with Crippen LogP contribution in [0.15, 0.2) is 24.3 Å². The number of hydrogen-bond donors (Lipinski definition) is 0. The quantitative estimate of drug-likeness (QED) is 0.816. The number of rotatable bonds is 4. The summed E-state index contributed by atoms with van der Waals surface area (Å²) in [5, 5.41) is 0. The van der Waals surface area contributed by atoms with Crippen molar-refractivity contribution in [2.45, 2.75) is 52.6 Å². The van der Waals surface area contributed by atoms with Gasteiger partial charge < -0.3 is 9.80 Å². The van der Waals surface area contributed by atoms with Crippen molar-refractivity contribution in [2.24, 2.45) is 0 Å². The first-order valence-corrected chi connectivity index (χ1v) is 10.6. The molecule has 3 rings (SSSR count). The van der Waals surface area contributed by atoms with Crippen LogP contribution in [0.1, 0.15) is 40.5 Å². The molecule has 0 spiro atoms. The molecule has 1 aromatic carbocycles. The van der Waals surface area contributed by atoms with Gasteiger partial charge in [-0.1, -0.05) is 0 Å². The summed E-state index contributed by atoms with van der Waals surface area (Å²) in [5.74, 6) is 0. The van der Waals surface area contributed by atoms with Gasteiger partial charge in [0.15, 0.2) is 0 Å². The van der Waals surface area contributed by atoms with Crippen LogP contribution in [0.3, 0.4) is 0 Å². The molecule has 0 atom stereocenters. The molecule has 0 radical (unpaired) electrons. The van der Waals surface area contributed by atoms with Crippen molar-refractivity contribution >= 4 is 11.4 Å². The van der Waals surface area contributed by atoms with E-state index >= 15 is 0 Å². The molecular formula is C22H38N4. The Morgan fingerprint density at radius 3 is 1.27 bits per heavy atom. The van der Waals surface area contributed by atoms with Crippen molar-refractivity contribution in [3.8, 4) is 0 Å². The van der Waals surface area contributed by atoms with Crippen molar-refractivity contribution < 1.29 is 0 Å². The normalized spacial score (nSPS) is 21.3. The molecule has 146 valence electrons. The van der Waals surface area contributed by atoms with Gasteiger partial charge >= 0.3 is 0 Å². The van der Waals surface area contributed by atoms with Crippen molar-refractivity contribution in [2.75, 3.05) is 62.2 Å². The Morgan fingerprint density at radius 1 is 0.538 bits per heavy atom. The maximum Gasteiger partial charge on any atom is 0.0368 e. The first kappa shape index (κ1) is 19.5. The third-order valence-electron chi connectivity index (χ3n) is 6.10. The van der Waals surface area contributed by atoms with Crippen LogP contribution in [0, 0.1) is 0 Å². The summed E-state index contributed by atoms with van der Waals surface area (Å²) in [6.07, 6.45) is 2.52. The zero-order valence-corrected chi connectivity index (χ0v) is 17.3. The number of nitrogens with zero attached hydrogens (tertiary/aromatic N) is 4. The second kappa shape index (κ2) is 9.09. The lowest BCUT2D eigenvalue weighted by molar-refractivity contribution is 0.238. The minimum absolute atomic E-state index is 0.658. The minimum Gasteiger partial charge on any atom is -0.370 e. The average molecular weight is 359 g/mol. The van der Waals surface area contributed by atoms with Gasteiger partial charge in [-0.05, 0) is 64.8 Å². The highest BCUT2D eigenvalue weighted by Gasteiger charge is 2.19. The third kappa shape index (κ3) is 4.92. The first-order valence-electron chi connectivity index (χ1n) is 10.6. The molecule has 2 aliphatic heterocycles. The summed E-state index contributed by atoms with van der Waals surface area (Å²) in [5.41, 5.74) is 2.77. The molecule has 1 aromatic rings. The van der Waals surface area contributed by atoms with Crippen molar-refractivity contribution in [1.29, 1.82) is 0 Å². The maximum atomic E-state index is 2.60. The summed E-state index contributed by atoms with van der Waals surface area (Å²) in [6.45, 7) is 18.7. The molecule has 2 fully saturated rings. The van der Waals surface area contributed by atoms with Crippen LogP contribution in [-0.2, 0) is 0 Å². The molecule has 26 heavy (non-hydrogen) atoms. The molecule has 0 N–H and O–H groups in total. The molecule has 0 saturated carbocycles. The maximum absolute atomic E-state index is 2.60. The van der Waals surface area contributed by atoms with Gasteiger partial charge in [0.1, 0.15) is 0 Å². The second-order valence-corrected chi connectivity index (χ2v) is 8.46. The highest BCUT2D eigenvalue weighted by Crippen LogP contribution is 2.23. The Balaban J connectivity index is 1.60. The molecule has 0 aromatic heterocycles. The molecule has 0 bridgehead atoms. The second-order valence-electron chi connectivity index (χ2n) is 8.46. The van der Waals surface area contributed by atoms with Gasteiger partial charge in [0, 0.05) is 75.8 Å². The van der Waals surface area contributed by atoms with E-state index in [0.717, 1.165) is 13.1 Å². The largest absolute Gasteiger partial charge is 0.370 e. The van der Waals surface area contributed by atoms with E-state index in [1.54, 1.807) is 0 Å². The molecule has 0 aliphatic carbocycles. The lowest BCUT2D eigenvalue weighted by atomic mass is 10.2. The van der Waals surface area contributed by atoms with Crippen LogP contribution in [0.4, 0.5) is 11.4 Å². The first-order chi connectivity index (χ1) is 12.5. The highest BCUT2D eigenvalue weighted by molar-refractivity contribution is 5.56. The van der Waals surface area contributed by atoms with Crippen molar-refractivity contribution in [3.63, 3.8) is 0 Å². The molecule has 2 heterocycles. The van der Waals surface area contributed by atoms with Crippen LogP contribution in [0.5, 0.6) is 0 Å². The fourth-order valence-electron chi connectivity index (χ4n) is 4.30. The van der Waals surface area contributed by atoms with Crippen LogP contribution >= 0.6 is 0 Å². The van der Waals surface area contributed by atoms with Gasteiger partial charge in [0.25, 0.3) is 0 Å². The van der Waals surface area contributed by atoms with E-state index in [0.29, 0.717) is 12.1 Å². The molecule has 4 nitrogen and oxygen atoms in total. The highest BCUT2D eigenvalue weighted by atomic mass is 15.2. The third-order valence-corrected chi connectivity index (χ3v) is 6.10. The van der Waals surface area contributed by atoms with Crippen LogP contribution in [-0.4, -0.2) is 74.2 Å². The van der Waals surface area contributed by atoms with Gasteiger partial charge in [-0.25, -0.2) is 0 Å². The van der Waals surface area contributed by atoms with E-state index in [4.69, 9.17) is 0 Å². The fourth-order valence-corrected chi connectivity index (χ4v) is 4.30. The summed E-state index contributed by atoms with van der Waals surface area (Å²) in [4.78, 5) is 10.3. The van der Waals surface area contributed by atoms with E-state index in [1.165, 1.54) is 63.5 Å². The van der Waals surface area contributed by atoms with E-state index in [9.17, 15) is 0 Å². The van der Waals surface area contributed by atoms with E-state index in [1.807, 2.05) is 0 Å². The van der Waals surface area contributed by atoms with Gasteiger partial charge in [-0.3, -0.25) is 9.80 Å². The standard InChI is InChI=1S/C22H38N4/c1-19(2)23-11-5-13-25(17-15-23)21-7-9-22(10-8-21)26-14-6-12-24(16-18-26)20(3)4/h7-10,19-20H,5-6,11-18H2,1-4H3. The summed E-state index contributed by atoms with van der Waals surface area (Å²) < 4.78 is 0. The van der Waals surface area contributed by atoms with Gasteiger partial charge in [-0.2, -0.15) is 0 Å². The van der Waals surface area contributed by atoms with E-state index in [2.05, 4.69) is 71.6 Å². The van der Waals surface area contributed by atoms with E-state index < -0.39 is 0 Å². The molecule has 0 amide bonds. The minimum atomic E-state index is 0.658. The smallest absolute Gasteiger partial charge is 0.0368 e. The Morgan fingerprint density at radius 2 is 0.923 bits per heavy atom. The predicted molar refractivity (Wildman–Crippen MR) is 114 cm³/mol. The Labute approximate surface area is 160 Å². The monoisotopic (exact) mass is 358 g/mol. The van der Waals surface area contributed by atoms with Crippen LogP contribution in [0.25, 0.3) is 0 Å². The molecule has 0 unspecified atom stereocenters. The summed E-state index contributed by atoms with van der Waals surface area (Å²) in [7, 11) is 0. The number of benzene rings is 1. The zero-order valence-electron chi connectivity index (χ0n) is 17.3. The van der Waals surface area contributed by atoms with E-state index in [-0.39, 0.29) is 0 Å². The van der Waals surface area contributed by atoms with Gasteiger partial charge in [-0.15, -0.1) is 0 Å². The van der Waals surface area contributed by atoms with Crippen LogP contribution < -0.4 is 9.80 Å². The molecule has 4 heteroatoms. The molecule has 2 saturated heterocycles. The summed E-state index contributed by atoms with van der Waals surface area (Å²) >= 11 is 0. The Bertz CT molecular complexity index is 491. The number of anilines is 2. The lowest BCUT2D eigenvalue weighted by Gasteiger charge is -2.27. The SMILES string of the molecule is CC(C)N1CCCN(c2ccc(N3CCCN(C(C)C)CC3)cc2)CC1. The summed E-state index contributed by atoms with van der Waals surface area (Å²) in [6, 6.07) is 10.7. The van der Waals surface area contributed by atoms with Crippen molar-refractivity contribution in [3.05, 3.63) is 24.3 Å². The Kier molecular flexibility index (Phi) is 6.82. The predicted octanol–water partition coefficient (Wildman–Crippen LogP) is 3.53. The molecule has 2 aliphatic rings. The fraction of sp³-hybridized carbons (Fsp3) is 0.727. The topological polar surface area (TPSA) is 13.0 Å². The van der Waals surface area contributed by atoms with Gasteiger partial charge in [0.2, 0.25) is 0 Å². The zero-order chi connectivity index (χ0) is 18.5. The van der Waals surface area contributed by atoms with Crippen LogP contribution in [0.2, 0.25) is 0 Å². The molecular weight excluding hydrogens is 320 g/mol. The van der Waals surface area contributed by atoms with Crippen molar-refractivity contribution in [1.82, 2.24) is 9.80 Å². The average Bonchev–Trinajstić information content (AvgIpc) is 3.03.